The summed E-state index contributed by atoms with van der Waals surface area (Å²) in [5.41, 5.74) is 2.92. The van der Waals surface area contributed by atoms with E-state index in [9.17, 15) is 4.79 Å². The number of ether oxygens (including phenoxy) is 1. The Balaban J connectivity index is 1.28. The monoisotopic (exact) mass is 482 g/mol. The number of anilines is 1. The van der Waals surface area contributed by atoms with Crippen LogP contribution in [0.3, 0.4) is 0 Å². The number of nitrogens with one attached hydrogen (secondary N) is 1. The molecule has 0 unspecified atom stereocenters. The highest BCUT2D eigenvalue weighted by Crippen LogP contribution is 2.29. The van der Waals surface area contributed by atoms with Crippen LogP contribution in [0.4, 0.5) is 5.82 Å². The van der Waals surface area contributed by atoms with E-state index in [0.29, 0.717) is 17.3 Å². The Bertz CT molecular complexity index is 1290. The molecular weight excluding hydrogens is 448 g/mol. The molecule has 3 aromatic rings. The standard InChI is InChI=1S/C30H34N4O2/c1-4-21-11-16-34(3)28(17-21)23-5-6-24-20-31-29(19-25(24)18-23)32-30(35)22-7-9-26(10-8-22)36-27-12-14-33(2)15-13-27/h5-11,16-21,27H,4,12-15H2,1-3H3,(H,31,32,35)/t21-/m1/s1. The van der Waals surface area contributed by atoms with E-state index in [1.807, 2.05) is 30.3 Å². The van der Waals surface area contributed by atoms with Gasteiger partial charge in [-0.3, -0.25) is 4.79 Å². The smallest absolute Gasteiger partial charge is 0.256 e. The Labute approximate surface area is 213 Å². The second-order valence-corrected chi connectivity index (χ2v) is 9.81. The summed E-state index contributed by atoms with van der Waals surface area (Å²) in [5, 5.41) is 5.02. The molecule has 36 heavy (non-hydrogen) atoms. The Morgan fingerprint density at radius 3 is 2.58 bits per heavy atom. The molecule has 1 aromatic heterocycles. The zero-order chi connectivity index (χ0) is 25.1. The summed E-state index contributed by atoms with van der Waals surface area (Å²) in [5.74, 6) is 1.60. The third-order valence-corrected chi connectivity index (χ3v) is 7.12. The third kappa shape index (κ3) is 5.44. The van der Waals surface area contributed by atoms with Gasteiger partial charge in [0.25, 0.3) is 5.91 Å². The fourth-order valence-corrected chi connectivity index (χ4v) is 4.79. The third-order valence-electron chi connectivity index (χ3n) is 7.12. The molecule has 186 valence electrons. The van der Waals surface area contributed by atoms with Crippen LogP contribution in [0.15, 0.2) is 73.1 Å². The van der Waals surface area contributed by atoms with Crippen LogP contribution in [0, 0.1) is 5.92 Å². The molecule has 1 fully saturated rings. The molecule has 2 aliphatic rings. The first-order valence-electron chi connectivity index (χ1n) is 12.8. The molecule has 1 amide bonds. The molecular formula is C30H34N4O2. The first-order chi connectivity index (χ1) is 17.5. The lowest BCUT2D eigenvalue weighted by Crippen LogP contribution is -2.35. The van der Waals surface area contributed by atoms with Gasteiger partial charge in [-0.15, -0.1) is 0 Å². The van der Waals surface area contributed by atoms with Crippen molar-refractivity contribution in [2.24, 2.45) is 5.92 Å². The largest absolute Gasteiger partial charge is 0.490 e. The van der Waals surface area contributed by atoms with E-state index >= 15 is 0 Å². The average molecular weight is 483 g/mol. The summed E-state index contributed by atoms with van der Waals surface area (Å²) < 4.78 is 6.10. The lowest BCUT2D eigenvalue weighted by molar-refractivity contribution is 0.102. The number of hydrogen-bond donors (Lipinski definition) is 1. The number of fused-ring (bicyclic) bond motifs is 1. The molecule has 5 rings (SSSR count). The molecule has 0 aliphatic carbocycles. The highest BCUT2D eigenvalue weighted by molar-refractivity contribution is 6.04. The van der Waals surface area contributed by atoms with Gasteiger partial charge in [0, 0.05) is 49.2 Å². The molecule has 1 N–H and O–H groups in total. The van der Waals surface area contributed by atoms with Gasteiger partial charge in [-0.2, -0.15) is 0 Å². The van der Waals surface area contributed by atoms with Gasteiger partial charge in [0.15, 0.2) is 0 Å². The van der Waals surface area contributed by atoms with Crippen molar-refractivity contribution in [1.82, 2.24) is 14.8 Å². The number of benzene rings is 2. The summed E-state index contributed by atoms with van der Waals surface area (Å²) >= 11 is 0. The zero-order valence-electron chi connectivity index (χ0n) is 21.3. The van der Waals surface area contributed by atoms with Gasteiger partial charge in [-0.05, 0) is 79.6 Å². The van der Waals surface area contributed by atoms with E-state index in [4.69, 9.17) is 4.74 Å². The normalized spacial score (nSPS) is 18.8. The van der Waals surface area contributed by atoms with Gasteiger partial charge in [0.05, 0.1) is 0 Å². The predicted octanol–water partition coefficient (Wildman–Crippen LogP) is 5.79. The summed E-state index contributed by atoms with van der Waals surface area (Å²) in [6.45, 7) is 4.30. The average Bonchev–Trinajstić information content (AvgIpc) is 2.90. The van der Waals surface area contributed by atoms with Crippen molar-refractivity contribution in [3.05, 3.63) is 84.2 Å². The number of carbonyl (C=O) groups excluding carboxylic acids is 1. The van der Waals surface area contributed by atoms with Crippen molar-refractivity contribution in [1.29, 1.82) is 0 Å². The number of likely N-dealkylation sites (tertiary alicyclic amines) is 1. The molecule has 6 nitrogen and oxygen atoms in total. The number of carbonyl (C=O) groups is 1. The van der Waals surface area contributed by atoms with Gasteiger partial charge >= 0.3 is 0 Å². The minimum absolute atomic E-state index is 0.186. The van der Waals surface area contributed by atoms with Crippen LogP contribution in [-0.2, 0) is 0 Å². The molecule has 0 radical (unpaired) electrons. The van der Waals surface area contributed by atoms with Crippen molar-refractivity contribution in [2.75, 3.05) is 32.5 Å². The SMILES string of the molecule is CC[C@@H]1C=CN(C)C(c2ccc3cnc(NC(=O)c4ccc(OC5CCN(C)CC5)cc4)cc3c2)=C1. The van der Waals surface area contributed by atoms with Crippen LogP contribution >= 0.6 is 0 Å². The van der Waals surface area contributed by atoms with Crippen LogP contribution < -0.4 is 10.1 Å². The summed E-state index contributed by atoms with van der Waals surface area (Å²) in [4.78, 5) is 21.8. The topological polar surface area (TPSA) is 57.7 Å². The maximum Gasteiger partial charge on any atom is 0.256 e. The molecule has 0 saturated carbocycles. The number of hydrogen-bond acceptors (Lipinski definition) is 5. The summed E-state index contributed by atoms with van der Waals surface area (Å²) in [6.07, 6.45) is 11.8. The maximum absolute atomic E-state index is 12.9. The van der Waals surface area contributed by atoms with E-state index in [-0.39, 0.29) is 12.0 Å². The van der Waals surface area contributed by atoms with E-state index in [1.54, 1.807) is 6.20 Å². The van der Waals surface area contributed by atoms with Gasteiger partial charge < -0.3 is 19.9 Å². The van der Waals surface area contributed by atoms with Crippen LogP contribution in [0.2, 0.25) is 0 Å². The van der Waals surface area contributed by atoms with Crippen molar-refractivity contribution in [3.8, 4) is 5.75 Å². The van der Waals surface area contributed by atoms with Crippen LogP contribution in [0.25, 0.3) is 16.5 Å². The number of piperidine rings is 1. The minimum atomic E-state index is -0.186. The van der Waals surface area contributed by atoms with Gasteiger partial charge in [-0.1, -0.05) is 31.2 Å². The Morgan fingerprint density at radius 1 is 1.06 bits per heavy atom. The zero-order valence-corrected chi connectivity index (χ0v) is 21.3. The molecule has 2 aromatic carbocycles. The van der Waals surface area contributed by atoms with Crippen molar-refractivity contribution in [2.45, 2.75) is 32.3 Å². The second kappa shape index (κ2) is 10.5. The number of aromatic nitrogens is 1. The van der Waals surface area contributed by atoms with Gasteiger partial charge in [-0.25, -0.2) is 4.98 Å². The van der Waals surface area contributed by atoms with E-state index < -0.39 is 0 Å². The number of amides is 1. The highest BCUT2D eigenvalue weighted by atomic mass is 16.5. The first kappa shape index (κ1) is 24.1. The predicted molar refractivity (Wildman–Crippen MR) is 146 cm³/mol. The second-order valence-electron chi connectivity index (χ2n) is 9.81. The van der Waals surface area contributed by atoms with E-state index in [0.717, 1.165) is 54.4 Å². The minimum Gasteiger partial charge on any atom is -0.490 e. The van der Waals surface area contributed by atoms with Crippen LogP contribution in [0.1, 0.15) is 42.1 Å². The molecule has 6 heteroatoms. The molecule has 1 saturated heterocycles. The van der Waals surface area contributed by atoms with Crippen molar-refractivity contribution in [3.63, 3.8) is 0 Å². The highest BCUT2D eigenvalue weighted by Gasteiger charge is 2.18. The van der Waals surface area contributed by atoms with Crippen molar-refractivity contribution < 1.29 is 9.53 Å². The molecule has 0 spiro atoms. The van der Waals surface area contributed by atoms with Gasteiger partial charge in [0.2, 0.25) is 0 Å². The number of nitrogens with zero attached hydrogens (tertiary/aromatic N) is 3. The fourth-order valence-electron chi connectivity index (χ4n) is 4.79. The molecule has 2 aliphatic heterocycles. The number of rotatable bonds is 6. The molecule has 3 heterocycles. The Kier molecular flexibility index (Phi) is 7.05. The first-order valence-corrected chi connectivity index (χ1v) is 12.8. The fraction of sp³-hybridized carbons (Fsp3) is 0.333. The van der Waals surface area contributed by atoms with Crippen LogP contribution in [0.5, 0.6) is 5.75 Å². The lowest BCUT2D eigenvalue weighted by atomic mass is 9.97. The number of allylic oxidation sites excluding steroid dienone is 2. The summed E-state index contributed by atoms with van der Waals surface area (Å²) in [7, 11) is 4.21. The van der Waals surface area contributed by atoms with Crippen molar-refractivity contribution >= 4 is 28.2 Å². The Hall–Kier alpha value is -3.64. The summed E-state index contributed by atoms with van der Waals surface area (Å²) in [6, 6.07) is 15.7. The quantitative estimate of drug-likeness (QED) is 0.482. The van der Waals surface area contributed by atoms with E-state index in [1.165, 1.54) is 5.70 Å². The van der Waals surface area contributed by atoms with E-state index in [2.05, 4.69) is 77.7 Å². The number of pyridine rings is 1. The van der Waals surface area contributed by atoms with Gasteiger partial charge in [0.1, 0.15) is 17.7 Å². The molecule has 0 bridgehead atoms. The Morgan fingerprint density at radius 2 is 1.83 bits per heavy atom. The molecule has 1 atom stereocenters. The van der Waals surface area contributed by atoms with Crippen LogP contribution in [-0.4, -0.2) is 54.0 Å². The maximum atomic E-state index is 12.9. The lowest BCUT2D eigenvalue weighted by Gasteiger charge is -2.29.